The summed E-state index contributed by atoms with van der Waals surface area (Å²) >= 11 is 0. The van der Waals surface area contributed by atoms with Crippen LogP contribution in [0.3, 0.4) is 0 Å². The van der Waals surface area contributed by atoms with Gasteiger partial charge in [0.15, 0.2) is 0 Å². The Labute approximate surface area is 181 Å². The second-order valence-electron chi connectivity index (χ2n) is 8.27. The molecule has 2 N–H and O–H groups in total. The van der Waals surface area contributed by atoms with E-state index < -0.39 is 22.7 Å². The third-order valence-corrected chi connectivity index (χ3v) is 5.68. The molecule has 0 radical (unpaired) electrons. The number of aromatic nitrogens is 1. The molecular formula is C23H27FN4O3. The molecule has 7 nitrogen and oxygen atoms in total. The lowest BCUT2D eigenvalue weighted by atomic mass is 9.75. The van der Waals surface area contributed by atoms with Crippen molar-refractivity contribution in [3.63, 3.8) is 0 Å². The van der Waals surface area contributed by atoms with Gasteiger partial charge in [-0.3, -0.25) is 19.4 Å². The molecule has 0 aliphatic carbocycles. The van der Waals surface area contributed by atoms with Crippen molar-refractivity contribution in [1.82, 2.24) is 20.5 Å². The minimum atomic E-state index is -1.30. The Morgan fingerprint density at radius 3 is 2.48 bits per heavy atom. The molecule has 0 spiro atoms. The van der Waals surface area contributed by atoms with Gasteiger partial charge in [-0.1, -0.05) is 18.2 Å². The summed E-state index contributed by atoms with van der Waals surface area (Å²) in [6.07, 6.45) is 2.78. The standard InChI is InChI=1S/C23H27FN4O3/c1-22(2,27-19(29)16-9-4-5-10-17(16)24)21(31)28-14-8-12-23(15-28,20(30)25-3)18-11-6-7-13-26-18/h4-7,9-11,13H,8,12,14-15H2,1-3H3,(H,25,30)(H,27,29)/t23-/m0/s1. The van der Waals surface area contributed by atoms with Crippen LogP contribution in [0.5, 0.6) is 0 Å². The number of piperidine rings is 1. The summed E-state index contributed by atoms with van der Waals surface area (Å²) in [6.45, 7) is 3.74. The summed E-state index contributed by atoms with van der Waals surface area (Å²) < 4.78 is 14.0. The SMILES string of the molecule is CNC(=O)[C@@]1(c2ccccn2)CCCN(C(=O)C(C)(C)NC(=O)c2ccccc2F)C1. The van der Waals surface area contributed by atoms with E-state index in [1.807, 2.05) is 6.07 Å². The zero-order chi connectivity index (χ0) is 22.6. The number of carbonyl (C=O) groups excluding carboxylic acids is 3. The molecule has 0 unspecified atom stereocenters. The van der Waals surface area contributed by atoms with E-state index >= 15 is 0 Å². The van der Waals surface area contributed by atoms with Crippen LogP contribution >= 0.6 is 0 Å². The first-order valence-corrected chi connectivity index (χ1v) is 10.2. The van der Waals surface area contributed by atoms with Crippen molar-refractivity contribution in [3.05, 3.63) is 65.7 Å². The fourth-order valence-electron chi connectivity index (χ4n) is 4.07. The number of likely N-dealkylation sites (tertiary alicyclic amines) is 1. The lowest BCUT2D eigenvalue weighted by Gasteiger charge is -2.43. The molecule has 1 aliphatic heterocycles. The Balaban J connectivity index is 1.84. The molecule has 3 rings (SSSR count). The average molecular weight is 426 g/mol. The summed E-state index contributed by atoms with van der Waals surface area (Å²) in [4.78, 5) is 44.8. The van der Waals surface area contributed by atoms with Gasteiger partial charge in [-0.2, -0.15) is 0 Å². The highest BCUT2D eigenvalue weighted by Crippen LogP contribution is 2.34. The third kappa shape index (κ3) is 4.42. The molecule has 1 fully saturated rings. The zero-order valence-corrected chi connectivity index (χ0v) is 17.9. The Morgan fingerprint density at radius 2 is 1.84 bits per heavy atom. The fraction of sp³-hybridized carbons (Fsp3) is 0.391. The number of carbonyl (C=O) groups is 3. The van der Waals surface area contributed by atoms with Crippen LogP contribution in [0, 0.1) is 5.82 Å². The van der Waals surface area contributed by atoms with E-state index in [2.05, 4.69) is 15.6 Å². The number of hydrogen-bond donors (Lipinski definition) is 2. The molecule has 164 valence electrons. The van der Waals surface area contributed by atoms with Crippen LogP contribution in [0.4, 0.5) is 4.39 Å². The Morgan fingerprint density at radius 1 is 1.13 bits per heavy atom. The lowest BCUT2D eigenvalue weighted by molar-refractivity contribution is -0.141. The molecule has 1 aromatic heterocycles. The molecule has 1 aliphatic rings. The van der Waals surface area contributed by atoms with Crippen LogP contribution in [-0.2, 0) is 15.0 Å². The van der Waals surface area contributed by atoms with Crippen molar-refractivity contribution in [2.45, 2.75) is 37.6 Å². The first-order valence-electron chi connectivity index (χ1n) is 10.2. The highest BCUT2D eigenvalue weighted by atomic mass is 19.1. The molecule has 8 heteroatoms. The number of benzene rings is 1. The summed E-state index contributed by atoms with van der Waals surface area (Å²) in [6, 6.07) is 11.0. The largest absolute Gasteiger partial charge is 0.358 e. The predicted octanol–water partition coefficient (Wildman–Crippen LogP) is 2.04. The molecule has 1 atom stereocenters. The Kier molecular flexibility index (Phi) is 6.38. The van der Waals surface area contributed by atoms with Gasteiger partial charge in [-0.25, -0.2) is 4.39 Å². The van der Waals surface area contributed by atoms with Crippen LogP contribution in [-0.4, -0.2) is 53.3 Å². The third-order valence-electron chi connectivity index (χ3n) is 5.68. The number of rotatable bonds is 5. The molecule has 0 saturated carbocycles. The fourth-order valence-corrected chi connectivity index (χ4v) is 4.07. The Hall–Kier alpha value is -3.29. The van der Waals surface area contributed by atoms with Gasteiger partial charge in [-0.05, 0) is 51.0 Å². The van der Waals surface area contributed by atoms with Crippen molar-refractivity contribution in [3.8, 4) is 0 Å². The summed E-state index contributed by atoms with van der Waals surface area (Å²) in [5.41, 5.74) is -1.81. The van der Waals surface area contributed by atoms with Crippen LogP contribution < -0.4 is 10.6 Å². The quantitative estimate of drug-likeness (QED) is 0.766. The van der Waals surface area contributed by atoms with Crippen LogP contribution in [0.1, 0.15) is 42.7 Å². The highest BCUT2D eigenvalue weighted by Gasteiger charge is 2.47. The molecular weight excluding hydrogens is 399 g/mol. The molecule has 1 aromatic carbocycles. The number of nitrogens with zero attached hydrogens (tertiary/aromatic N) is 2. The van der Waals surface area contributed by atoms with E-state index in [1.54, 1.807) is 50.2 Å². The summed E-state index contributed by atoms with van der Waals surface area (Å²) in [7, 11) is 1.56. The highest BCUT2D eigenvalue weighted by molar-refractivity contribution is 5.99. The average Bonchev–Trinajstić information content (AvgIpc) is 2.78. The zero-order valence-electron chi connectivity index (χ0n) is 17.9. The smallest absolute Gasteiger partial charge is 0.255 e. The van der Waals surface area contributed by atoms with E-state index in [0.717, 1.165) is 0 Å². The van der Waals surface area contributed by atoms with Gasteiger partial charge >= 0.3 is 0 Å². The van der Waals surface area contributed by atoms with Crippen LogP contribution in [0.2, 0.25) is 0 Å². The number of amides is 3. The van der Waals surface area contributed by atoms with Gasteiger partial charge in [-0.15, -0.1) is 0 Å². The summed E-state index contributed by atoms with van der Waals surface area (Å²) in [5, 5.41) is 5.34. The van der Waals surface area contributed by atoms with Crippen LogP contribution in [0.25, 0.3) is 0 Å². The van der Waals surface area contributed by atoms with Gasteiger partial charge in [0.25, 0.3) is 5.91 Å². The summed E-state index contributed by atoms with van der Waals surface area (Å²) in [5.74, 6) is -1.89. The molecule has 0 bridgehead atoms. The van der Waals surface area contributed by atoms with Crippen molar-refractivity contribution < 1.29 is 18.8 Å². The van der Waals surface area contributed by atoms with Gasteiger partial charge in [0.05, 0.1) is 11.3 Å². The predicted molar refractivity (Wildman–Crippen MR) is 114 cm³/mol. The van der Waals surface area contributed by atoms with Gasteiger partial charge in [0.1, 0.15) is 16.8 Å². The van der Waals surface area contributed by atoms with E-state index in [1.165, 1.54) is 18.2 Å². The molecule has 2 aromatic rings. The number of hydrogen-bond acceptors (Lipinski definition) is 4. The lowest BCUT2D eigenvalue weighted by Crippen LogP contribution is -2.62. The topological polar surface area (TPSA) is 91.4 Å². The number of pyridine rings is 1. The number of likely N-dealkylation sites (N-methyl/N-ethyl adjacent to an activating group) is 1. The van der Waals surface area contributed by atoms with Crippen molar-refractivity contribution in [1.29, 1.82) is 0 Å². The first-order chi connectivity index (χ1) is 14.7. The minimum Gasteiger partial charge on any atom is -0.358 e. The van der Waals surface area contributed by atoms with Crippen molar-refractivity contribution in [2.75, 3.05) is 20.1 Å². The minimum absolute atomic E-state index is 0.129. The van der Waals surface area contributed by atoms with E-state index in [0.29, 0.717) is 25.1 Å². The maximum atomic E-state index is 14.0. The molecule has 2 heterocycles. The maximum absolute atomic E-state index is 14.0. The van der Waals surface area contributed by atoms with Gasteiger partial charge in [0.2, 0.25) is 11.8 Å². The molecule has 31 heavy (non-hydrogen) atoms. The van der Waals surface area contributed by atoms with Crippen molar-refractivity contribution >= 4 is 17.7 Å². The second kappa shape index (κ2) is 8.83. The van der Waals surface area contributed by atoms with Crippen molar-refractivity contribution in [2.24, 2.45) is 0 Å². The Bertz CT molecular complexity index is 980. The van der Waals surface area contributed by atoms with E-state index in [4.69, 9.17) is 0 Å². The van der Waals surface area contributed by atoms with E-state index in [9.17, 15) is 18.8 Å². The normalized spacial score (nSPS) is 18.9. The maximum Gasteiger partial charge on any atom is 0.255 e. The second-order valence-corrected chi connectivity index (χ2v) is 8.27. The number of halogens is 1. The first kappa shape index (κ1) is 22.4. The van der Waals surface area contributed by atoms with E-state index in [-0.39, 0.29) is 23.9 Å². The van der Waals surface area contributed by atoms with Crippen LogP contribution in [0.15, 0.2) is 48.7 Å². The number of nitrogens with one attached hydrogen (secondary N) is 2. The molecule has 1 saturated heterocycles. The monoisotopic (exact) mass is 426 g/mol. The van der Waals surface area contributed by atoms with Gasteiger partial charge in [0, 0.05) is 26.3 Å². The van der Waals surface area contributed by atoms with Gasteiger partial charge < -0.3 is 15.5 Å². The molecule has 3 amide bonds.